The van der Waals surface area contributed by atoms with E-state index in [0.717, 1.165) is 27.8 Å². The third-order valence-corrected chi connectivity index (χ3v) is 9.79. The molecule has 0 saturated carbocycles. The van der Waals surface area contributed by atoms with Gasteiger partial charge in [0.2, 0.25) is 10.0 Å². The Balaban J connectivity index is 1.54. The van der Waals surface area contributed by atoms with Gasteiger partial charge in [0.1, 0.15) is 0 Å². The number of benzene rings is 3. The van der Waals surface area contributed by atoms with Crippen molar-refractivity contribution in [1.29, 1.82) is 0 Å². The maximum atomic E-state index is 13.4. The molecule has 0 aromatic heterocycles. The highest BCUT2D eigenvalue weighted by atomic mass is 32.2. The van der Waals surface area contributed by atoms with Gasteiger partial charge in [0.15, 0.2) is 0 Å². The van der Waals surface area contributed by atoms with E-state index in [1.807, 2.05) is 26.0 Å². The minimum Gasteiger partial charge on any atom is -0.261 e. The zero-order chi connectivity index (χ0) is 23.4. The Hall–Kier alpha value is -2.94. The average Bonchev–Trinajstić information content (AvgIpc) is 3.06. The lowest BCUT2D eigenvalue weighted by Crippen LogP contribution is -2.31. The van der Waals surface area contributed by atoms with E-state index < -0.39 is 20.0 Å². The number of sulfonamides is 2. The Labute approximate surface area is 194 Å². The Morgan fingerprint density at radius 1 is 0.697 bits per heavy atom. The molecule has 2 heterocycles. The monoisotopic (exact) mass is 480 g/mol. The predicted molar refractivity (Wildman–Crippen MR) is 129 cm³/mol. The summed E-state index contributed by atoms with van der Waals surface area (Å²) in [5.74, 6) is 0. The third-order valence-electron chi connectivity index (χ3n) is 6.19. The van der Waals surface area contributed by atoms with Crippen molar-refractivity contribution in [3.05, 3.63) is 95.1 Å². The minimum atomic E-state index is -3.74. The van der Waals surface area contributed by atoms with Crippen LogP contribution in [0.2, 0.25) is 0 Å². The van der Waals surface area contributed by atoms with Crippen LogP contribution in [0, 0.1) is 13.8 Å². The summed E-state index contributed by atoms with van der Waals surface area (Å²) in [6, 6.07) is 19.1. The van der Waals surface area contributed by atoms with Crippen LogP contribution in [0.25, 0.3) is 5.57 Å². The lowest BCUT2D eigenvalue weighted by molar-refractivity contribution is 0.440. The Morgan fingerprint density at radius 2 is 1.27 bits per heavy atom. The molecule has 0 bridgehead atoms. The van der Waals surface area contributed by atoms with E-state index in [1.165, 1.54) is 8.61 Å². The van der Waals surface area contributed by atoms with Crippen LogP contribution in [0.1, 0.15) is 22.3 Å². The number of aryl methyl sites for hydroxylation is 2. The number of rotatable bonds is 4. The van der Waals surface area contributed by atoms with Gasteiger partial charge >= 0.3 is 0 Å². The first-order valence-corrected chi connectivity index (χ1v) is 13.5. The fraction of sp³-hybridized carbons (Fsp3) is 0.200. The van der Waals surface area contributed by atoms with Gasteiger partial charge in [-0.3, -0.25) is 4.31 Å². The molecule has 6 nitrogen and oxygen atoms in total. The number of anilines is 1. The minimum absolute atomic E-state index is 0.178. The second kappa shape index (κ2) is 7.83. The molecule has 0 saturated heterocycles. The molecule has 0 spiro atoms. The van der Waals surface area contributed by atoms with Crippen molar-refractivity contribution in [3.63, 3.8) is 0 Å². The third kappa shape index (κ3) is 3.68. The summed E-state index contributed by atoms with van der Waals surface area (Å²) in [4.78, 5) is 0.495. The molecule has 0 atom stereocenters. The summed E-state index contributed by atoms with van der Waals surface area (Å²) in [6.07, 6.45) is 1.84. The van der Waals surface area contributed by atoms with E-state index in [0.29, 0.717) is 5.69 Å². The molecule has 0 amide bonds. The molecule has 5 rings (SSSR count). The summed E-state index contributed by atoms with van der Waals surface area (Å²) in [7, 11) is -7.43. The fourth-order valence-electron chi connectivity index (χ4n) is 4.34. The van der Waals surface area contributed by atoms with Crippen LogP contribution in [0.4, 0.5) is 5.69 Å². The molecule has 0 aliphatic carbocycles. The maximum Gasteiger partial charge on any atom is 0.264 e. The van der Waals surface area contributed by atoms with Crippen LogP contribution >= 0.6 is 0 Å². The van der Waals surface area contributed by atoms with Crippen LogP contribution in [-0.2, 0) is 26.6 Å². The Morgan fingerprint density at radius 3 is 1.88 bits per heavy atom. The second-order valence-corrected chi connectivity index (χ2v) is 12.3. The van der Waals surface area contributed by atoms with E-state index in [-0.39, 0.29) is 29.4 Å². The van der Waals surface area contributed by atoms with Gasteiger partial charge in [-0.1, -0.05) is 53.6 Å². The Bertz CT molecular complexity index is 1470. The van der Waals surface area contributed by atoms with Crippen molar-refractivity contribution in [2.75, 3.05) is 17.4 Å². The van der Waals surface area contributed by atoms with E-state index in [1.54, 1.807) is 60.7 Å². The second-order valence-electron chi connectivity index (χ2n) is 8.48. The number of nitrogens with zero attached hydrogens (tertiary/aromatic N) is 2. The molecule has 0 radical (unpaired) electrons. The molecular weight excluding hydrogens is 456 g/mol. The quantitative estimate of drug-likeness (QED) is 0.564. The topological polar surface area (TPSA) is 74.8 Å². The van der Waals surface area contributed by atoms with E-state index in [4.69, 9.17) is 0 Å². The van der Waals surface area contributed by atoms with Crippen molar-refractivity contribution < 1.29 is 16.8 Å². The smallest absolute Gasteiger partial charge is 0.261 e. The molecule has 3 aromatic carbocycles. The highest BCUT2D eigenvalue weighted by Crippen LogP contribution is 2.43. The van der Waals surface area contributed by atoms with E-state index in [9.17, 15) is 16.8 Å². The van der Waals surface area contributed by atoms with Crippen LogP contribution in [0.3, 0.4) is 0 Å². The Kier molecular flexibility index (Phi) is 5.19. The zero-order valence-electron chi connectivity index (χ0n) is 18.4. The molecule has 0 unspecified atom stereocenters. The summed E-state index contributed by atoms with van der Waals surface area (Å²) in [6.45, 7) is 4.37. The first kappa shape index (κ1) is 21.9. The van der Waals surface area contributed by atoms with Gasteiger partial charge in [-0.15, -0.1) is 0 Å². The summed E-state index contributed by atoms with van der Waals surface area (Å²) < 4.78 is 56.3. The lowest BCUT2D eigenvalue weighted by Gasteiger charge is -2.22. The van der Waals surface area contributed by atoms with Crippen molar-refractivity contribution in [1.82, 2.24) is 4.31 Å². The lowest BCUT2D eigenvalue weighted by atomic mass is 10.0. The average molecular weight is 481 g/mol. The van der Waals surface area contributed by atoms with Gasteiger partial charge in [0.05, 0.1) is 22.0 Å². The van der Waals surface area contributed by atoms with Gasteiger partial charge < -0.3 is 0 Å². The molecule has 33 heavy (non-hydrogen) atoms. The standard InChI is InChI=1S/C25H24N2O4S2/c1-18-6-10-22(11-7-18)32(28,29)26-15-14-21-17-27(24-5-3-4-20(16-26)25(21)24)33(30,31)23-12-8-19(2)9-13-23/h3-14H,15-17H2,1-2H3. The van der Waals surface area contributed by atoms with E-state index in [2.05, 4.69) is 0 Å². The van der Waals surface area contributed by atoms with Gasteiger partial charge in [-0.25, -0.2) is 16.8 Å². The van der Waals surface area contributed by atoms with Crippen LogP contribution < -0.4 is 4.31 Å². The molecule has 8 heteroatoms. The van der Waals surface area contributed by atoms with Crippen LogP contribution in [0.15, 0.2) is 82.6 Å². The highest BCUT2D eigenvalue weighted by molar-refractivity contribution is 7.93. The maximum absolute atomic E-state index is 13.4. The van der Waals surface area contributed by atoms with Crippen molar-refractivity contribution in [3.8, 4) is 0 Å². The van der Waals surface area contributed by atoms with Gasteiger partial charge in [0, 0.05) is 18.7 Å². The largest absolute Gasteiger partial charge is 0.264 e. The highest BCUT2D eigenvalue weighted by Gasteiger charge is 2.37. The molecule has 3 aromatic rings. The summed E-state index contributed by atoms with van der Waals surface area (Å²) in [5.41, 5.74) is 5.02. The van der Waals surface area contributed by atoms with Gasteiger partial charge in [-0.2, -0.15) is 4.31 Å². The molecule has 2 aliphatic rings. The number of hydrogen-bond donors (Lipinski definition) is 0. The first-order valence-electron chi connectivity index (χ1n) is 10.7. The van der Waals surface area contributed by atoms with Crippen molar-refractivity contribution >= 4 is 31.3 Å². The van der Waals surface area contributed by atoms with Crippen molar-refractivity contribution in [2.45, 2.75) is 30.2 Å². The fourth-order valence-corrected chi connectivity index (χ4v) is 7.16. The number of hydrogen-bond acceptors (Lipinski definition) is 4. The molecule has 170 valence electrons. The van der Waals surface area contributed by atoms with Gasteiger partial charge in [0.25, 0.3) is 10.0 Å². The molecule has 0 N–H and O–H groups in total. The van der Waals surface area contributed by atoms with Crippen LogP contribution in [-0.4, -0.2) is 34.2 Å². The molecular formula is C25H24N2O4S2. The summed E-state index contributed by atoms with van der Waals surface area (Å²) >= 11 is 0. The van der Waals surface area contributed by atoms with Crippen molar-refractivity contribution in [2.24, 2.45) is 0 Å². The zero-order valence-corrected chi connectivity index (χ0v) is 20.0. The van der Waals surface area contributed by atoms with Crippen LogP contribution in [0.5, 0.6) is 0 Å². The predicted octanol–water partition coefficient (Wildman–Crippen LogP) is 4.10. The SMILES string of the molecule is Cc1ccc(S(=O)(=O)N2CC=C3CN(S(=O)(=O)c4ccc(C)cc4)c4cccc(c43)C2)cc1. The van der Waals surface area contributed by atoms with Gasteiger partial charge in [-0.05, 0) is 55.3 Å². The summed E-state index contributed by atoms with van der Waals surface area (Å²) in [5, 5.41) is 0. The van der Waals surface area contributed by atoms with E-state index >= 15 is 0 Å². The molecule has 0 fully saturated rings. The molecule has 2 aliphatic heterocycles. The normalized spacial score (nSPS) is 16.3. The first-order chi connectivity index (χ1) is 15.7.